The van der Waals surface area contributed by atoms with Crippen molar-refractivity contribution in [2.75, 3.05) is 6.54 Å². The first-order valence-electron chi connectivity index (χ1n) is 6.44. The quantitative estimate of drug-likeness (QED) is 0.482. The number of rotatable bonds is 4. The first-order chi connectivity index (χ1) is 8.65. The van der Waals surface area contributed by atoms with Gasteiger partial charge in [-0.1, -0.05) is 18.6 Å². The molecular formula is C14H21FIN3. The molecular weight excluding hydrogens is 356 g/mol. The number of nitrogens with zero attached hydrogens (tertiary/aromatic N) is 1. The second kappa shape index (κ2) is 7.67. The zero-order valence-electron chi connectivity index (χ0n) is 11.2. The van der Waals surface area contributed by atoms with Gasteiger partial charge >= 0.3 is 0 Å². The van der Waals surface area contributed by atoms with E-state index in [0.717, 1.165) is 18.0 Å². The highest BCUT2D eigenvalue weighted by molar-refractivity contribution is 14.0. The Hall–Kier alpha value is -0.850. The van der Waals surface area contributed by atoms with E-state index in [1.54, 1.807) is 19.1 Å². The van der Waals surface area contributed by atoms with Gasteiger partial charge in [0.15, 0.2) is 5.96 Å². The van der Waals surface area contributed by atoms with Crippen LogP contribution in [0.5, 0.6) is 0 Å². The monoisotopic (exact) mass is 377 g/mol. The fourth-order valence-corrected chi connectivity index (χ4v) is 1.98. The minimum atomic E-state index is -0.182. The molecule has 0 atom stereocenters. The van der Waals surface area contributed by atoms with Gasteiger partial charge < -0.3 is 11.1 Å². The second-order valence-corrected chi connectivity index (χ2v) is 4.96. The molecule has 0 amide bonds. The Morgan fingerprint density at radius 3 is 2.79 bits per heavy atom. The summed E-state index contributed by atoms with van der Waals surface area (Å²) in [6, 6.07) is 5.02. The summed E-state index contributed by atoms with van der Waals surface area (Å²) < 4.78 is 13.1. The summed E-state index contributed by atoms with van der Waals surface area (Å²) in [4.78, 5) is 4.26. The SMILES string of the molecule is Cc1cc(CN=C(N)NCC2CCC2)ccc1F.I. The largest absolute Gasteiger partial charge is 0.370 e. The lowest BCUT2D eigenvalue weighted by Gasteiger charge is -2.25. The molecule has 0 heterocycles. The smallest absolute Gasteiger partial charge is 0.188 e. The third kappa shape index (κ3) is 4.97. The number of halogens is 2. The van der Waals surface area contributed by atoms with Crippen LogP contribution in [0, 0.1) is 18.7 Å². The van der Waals surface area contributed by atoms with Crippen molar-refractivity contribution in [3.63, 3.8) is 0 Å². The predicted molar refractivity (Wildman–Crippen MR) is 87.2 cm³/mol. The van der Waals surface area contributed by atoms with E-state index in [2.05, 4.69) is 10.3 Å². The van der Waals surface area contributed by atoms with Crippen LogP contribution >= 0.6 is 24.0 Å². The Bertz CT molecular complexity index is 444. The summed E-state index contributed by atoms with van der Waals surface area (Å²) >= 11 is 0. The summed E-state index contributed by atoms with van der Waals surface area (Å²) in [6.07, 6.45) is 3.91. The van der Waals surface area contributed by atoms with E-state index < -0.39 is 0 Å². The van der Waals surface area contributed by atoms with E-state index in [1.807, 2.05) is 0 Å². The van der Waals surface area contributed by atoms with Crippen LogP contribution in [-0.4, -0.2) is 12.5 Å². The number of aryl methyl sites for hydroxylation is 1. The van der Waals surface area contributed by atoms with Crippen molar-refractivity contribution in [3.8, 4) is 0 Å². The molecule has 0 aromatic heterocycles. The fraction of sp³-hybridized carbons (Fsp3) is 0.500. The minimum Gasteiger partial charge on any atom is -0.370 e. The lowest BCUT2D eigenvalue weighted by molar-refractivity contribution is 0.315. The Morgan fingerprint density at radius 2 is 2.21 bits per heavy atom. The van der Waals surface area contributed by atoms with Crippen molar-refractivity contribution in [2.24, 2.45) is 16.6 Å². The molecule has 2 rings (SSSR count). The molecule has 1 aliphatic rings. The topological polar surface area (TPSA) is 50.4 Å². The highest BCUT2D eigenvalue weighted by Gasteiger charge is 2.16. The highest BCUT2D eigenvalue weighted by Crippen LogP contribution is 2.24. The summed E-state index contributed by atoms with van der Waals surface area (Å²) in [5.74, 6) is 1.05. The maximum atomic E-state index is 13.1. The zero-order chi connectivity index (χ0) is 13.0. The lowest BCUT2D eigenvalue weighted by atomic mass is 9.85. The highest BCUT2D eigenvalue weighted by atomic mass is 127. The van der Waals surface area contributed by atoms with Crippen LogP contribution in [-0.2, 0) is 6.54 Å². The van der Waals surface area contributed by atoms with Crippen LogP contribution in [0.25, 0.3) is 0 Å². The van der Waals surface area contributed by atoms with E-state index in [0.29, 0.717) is 18.1 Å². The van der Waals surface area contributed by atoms with Crippen LogP contribution in [0.1, 0.15) is 30.4 Å². The van der Waals surface area contributed by atoms with Crippen LogP contribution in [0.15, 0.2) is 23.2 Å². The van der Waals surface area contributed by atoms with Gasteiger partial charge in [0.2, 0.25) is 0 Å². The Kier molecular flexibility index (Phi) is 6.54. The number of nitrogens with two attached hydrogens (primary N) is 1. The molecule has 1 aliphatic carbocycles. The summed E-state index contributed by atoms with van der Waals surface area (Å²) in [6.45, 7) is 3.16. The third-order valence-corrected chi connectivity index (χ3v) is 3.45. The molecule has 3 N–H and O–H groups in total. The molecule has 0 unspecified atom stereocenters. The van der Waals surface area contributed by atoms with Gasteiger partial charge in [-0.2, -0.15) is 0 Å². The van der Waals surface area contributed by atoms with E-state index >= 15 is 0 Å². The van der Waals surface area contributed by atoms with Gasteiger partial charge in [0.1, 0.15) is 5.82 Å². The molecule has 0 aliphatic heterocycles. The fourth-order valence-electron chi connectivity index (χ4n) is 1.98. The summed E-state index contributed by atoms with van der Waals surface area (Å²) in [7, 11) is 0. The molecule has 0 spiro atoms. The van der Waals surface area contributed by atoms with Gasteiger partial charge in [-0.3, -0.25) is 0 Å². The van der Waals surface area contributed by atoms with E-state index in [9.17, 15) is 4.39 Å². The van der Waals surface area contributed by atoms with Gasteiger partial charge in [0.25, 0.3) is 0 Å². The van der Waals surface area contributed by atoms with E-state index in [-0.39, 0.29) is 29.8 Å². The molecule has 0 bridgehead atoms. The molecule has 3 nitrogen and oxygen atoms in total. The molecule has 1 aromatic carbocycles. The van der Waals surface area contributed by atoms with E-state index in [1.165, 1.54) is 25.3 Å². The minimum absolute atomic E-state index is 0. The molecule has 0 saturated heterocycles. The first kappa shape index (κ1) is 16.2. The Labute approximate surface area is 130 Å². The van der Waals surface area contributed by atoms with Gasteiger partial charge in [-0.15, -0.1) is 24.0 Å². The predicted octanol–water partition coefficient (Wildman–Crippen LogP) is 2.96. The molecule has 1 aromatic rings. The van der Waals surface area contributed by atoms with Crippen molar-refractivity contribution in [2.45, 2.75) is 32.7 Å². The molecule has 1 saturated carbocycles. The maximum Gasteiger partial charge on any atom is 0.188 e. The first-order valence-corrected chi connectivity index (χ1v) is 6.44. The molecule has 19 heavy (non-hydrogen) atoms. The van der Waals surface area contributed by atoms with Gasteiger partial charge in [-0.05, 0) is 42.9 Å². The summed E-state index contributed by atoms with van der Waals surface area (Å²) in [5.41, 5.74) is 7.40. The number of hydrogen-bond donors (Lipinski definition) is 2. The average molecular weight is 377 g/mol. The van der Waals surface area contributed by atoms with Crippen molar-refractivity contribution in [3.05, 3.63) is 35.1 Å². The van der Waals surface area contributed by atoms with Crippen molar-refractivity contribution in [1.82, 2.24) is 5.32 Å². The lowest BCUT2D eigenvalue weighted by Crippen LogP contribution is -2.37. The van der Waals surface area contributed by atoms with E-state index in [4.69, 9.17) is 5.73 Å². The van der Waals surface area contributed by atoms with Crippen molar-refractivity contribution in [1.29, 1.82) is 0 Å². The maximum absolute atomic E-state index is 13.1. The van der Waals surface area contributed by atoms with Gasteiger partial charge in [0.05, 0.1) is 6.54 Å². The summed E-state index contributed by atoms with van der Waals surface area (Å²) in [5, 5.41) is 3.13. The Morgan fingerprint density at radius 1 is 1.47 bits per heavy atom. The normalized spacial score (nSPS) is 15.6. The van der Waals surface area contributed by atoms with Crippen LogP contribution in [0.4, 0.5) is 4.39 Å². The number of aliphatic imine (C=N–C) groups is 1. The molecule has 1 fully saturated rings. The standard InChI is InChI=1S/C14H20FN3.HI/c1-10-7-12(5-6-13(10)15)9-18-14(16)17-8-11-3-2-4-11;/h5-7,11H,2-4,8-9H2,1H3,(H3,16,17,18);1H. The van der Waals surface area contributed by atoms with Crippen molar-refractivity contribution >= 4 is 29.9 Å². The third-order valence-electron chi connectivity index (χ3n) is 3.45. The van der Waals surface area contributed by atoms with Crippen LogP contribution in [0.3, 0.4) is 0 Å². The molecule has 0 radical (unpaired) electrons. The molecule has 5 heteroatoms. The zero-order valence-corrected chi connectivity index (χ0v) is 13.5. The average Bonchev–Trinajstić information content (AvgIpc) is 2.29. The number of guanidine groups is 1. The van der Waals surface area contributed by atoms with Crippen LogP contribution in [0.2, 0.25) is 0 Å². The van der Waals surface area contributed by atoms with Crippen LogP contribution < -0.4 is 11.1 Å². The number of hydrogen-bond acceptors (Lipinski definition) is 1. The molecule has 106 valence electrons. The van der Waals surface area contributed by atoms with Gasteiger partial charge in [0, 0.05) is 6.54 Å². The van der Waals surface area contributed by atoms with Gasteiger partial charge in [-0.25, -0.2) is 9.38 Å². The second-order valence-electron chi connectivity index (χ2n) is 4.96. The Balaban J connectivity index is 0.00000180. The number of benzene rings is 1. The number of nitrogens with one attached hydrogen (secondary N) is 1. The van der Waals surface area contributed by atoms with Crippen molar-refractivity contribution < 1.29 is 4.39 Å².